The highest BCUT2D eigenvalue weighted by atomic mass is 35.5. The molecule has 4 aromatic rings. The number of benzene rings is 2. The molecule has 17 heteroatoms. The van der Waals surface area contributed by atoms with Crippen molar-refractivity contribution in [3.63, 3.8) is 0 Å². The molecule has 2 N–H and O–H groups in total. The van der Waals surface area contributed by atoms with Crippen LogP contribution in [-0.2, 0) is 39.2 Å². The first-order valence-electron chi connectivity index (χ1n) is 25.5. The maximum Gasteiger partial charge on any atom is 0.530 e. The minimum atomic E-state index is -4.62. The van der Waals surface area contributed by atoms with Crippen molar-refractivity contribution in [2.75, 3.05) is 18.9 Å². The zero-order valence-electron chi connectivity index (χ0n) is 41.8. The number of hydrogen-bond acceptors (Lipinski definition) is 14. The second kappa shape index (κ2) is 27.0. The van der Waals surface area contributed by atoms with Crippen molar-refractivity contribution in [2.45, 2.75) is 199 Å². The third kappa shape index (κ3) is 15.6. The van der Waals surface area contributed by atoms with Gasteiger partial charge in [-0.1, -0.05) is 146 Å². The zero-order valence-corrected chi connectivity index (χ0v) is 43.5. The Hall–Kier alpha value is -4.28. The van der Waals surface area contributed by atoms with Gasteiger partial charge in [0.05, 0.1) is 41.7 Å². The van der Waals surface area contributed by atoms with Gasteiger partial charge in [-0.05, 0) is 76.1 Å². The molecule has 6 rings (SSSR count). The molecule has 0 spiro atoms. The molecule has 15 nitrogen and oxygen atoms in total. The van der Waals surface area contributed by atoms with E-state index < -0.39 is 50.2 Å². The SMILES string of the molecule is CCCCCCCCCCCCCCCCCCC[C@H](COP(=O)(OC[C@@]1(C#N)O[C@@H](c2ccc3c(N)ncnn23)[C@@H]2OC(C)(C)O[C@@H]21)Oc1ccccc1Cl)OCc1ccc(C#N)c(OC(C)C)c1. The number of fused-ring (bicyclic) bond motifs is 2. The number of nitrogen functional groups attached to an aromatic ring is 1. The highest BCUT2D eigenvalue weighted by Crippen LogP contribution is 2.55. The van der Waals surface area contributed by atoms with Crippen LogP contribution in [0.5, 0.6) is 11.5 Å². The lowest BCUT2D eigenvalue weighted by molar-refractivity contribution is -0.204. The van der Waals surface area contributed by atoms with E-state index in [-0.39, 0.29) is 35.9 Å². The van der Waals surface area contributed by atoms with E-state index in [2.05, 4.69) is 29.1 Å². The van der Waals surface area contributed by atoms with E-state index in [1.54, 1.807) is 66.9 Å². The number of nitriles is 2. The quantitative estimate of drug-likeness (QED) is 0.0358. The number of nitrogens with two attached hydrogens (primary N) is 1. The molecular formula is C53H74ClN6O9P. The van der Waals surface area contributed by atoms with Crippen LogP contribution in [0, 0.1) is 22.7 Å². The average Bonchev–Trinajstić information content (AvgIpc) is 4.00. The van der Waals surface area contributed by atoms with Crippen molar-refractivity contribution in [1.82, 2.24) is 14.6 Å². The first-order chi connectivity index (χ1) is 33.8. The first-order valence-corrected chi connectivity index (χ1v) is 27.3. The number of phosphoric acid groups is 1. The molecule has 1 unspecified atom stereocenters. The Bertz CT molecular complexity index is 2390. The van der Waals surface area contributed by atoms with E-state index >= 15 is 4.57 Å². The number of hydrogen-bond donors (Lipinski definition) is 1. The number of unbranched alkanes of at least 4 members (excludes halogenated alkanes) is 16. The Morgan fingerprint density at radius 1 is 0.843 bits per heavy atom. The van der Waals surface area contributed by atoms with Gasteiger partial charge >= 0.3 is 7.82 Å². The number of para-hydroxylation sites is 1. The molecule has 2 aromatic carbocycles. The van der Waals surface area contributed by atoms with Crippen molar-refractivity contribution in [3.05, 3.63) is 82.8 Å². The molecule has 4 heterocycles. The fraction of sp³-hybridized carbons (Fsp3) is 0.623. The lowest BCUT2D eigenvalue weighted by atomic mass is 9.96. The summed E-state index contributed by atoms with van der Waals surface area (Å²) in [6, 6.07) is 19.9. The molecule has 0 radical (unpaired) electrons. The predicted molar refractivity (Wildman–Crippen MR) is 269 cm³/mol. The summed E-state index contributed by atoms with van der Waals surface area (Å²) >= 11 is 6.54. The minimum Gasteiger partial charge on any atom is -0.490 e. The molecule has 2 fully saturated rings. The Balaban J connectivity index is 1.11. The molecule has 2 aliphatic heterocycles. The third-order valence-corrected chi connectivity index (χ3v) is 14.4. The van der Waals surface area contributed by atoms with Crippen molar-refractivity contribution in [1.29, 1.82) is 10.5 Å². The van der Waals surface area contributed by atoms with Gasteiger partial charge in [-0.25, -0.2) is 14.1 Å². The molecule has 2 aromatic heterocycles. The van der Waals surface area contributed by atoms with E-state index in [1.165, 1.54) is 89.8 Å². The number of phosphoric ester groups is 1. The molecule has 2 aliphatic rings. The number of ether oxygens (including phenoxy) is 5. The fourth-order valence-corrected chi connectivity index (χ4v) is 10.6. The van der Waals surface area contributed by atoms with E-state index in [0.29, 0.717) is 28.9 Å². The van der Waals surface area contributed by atoms with E-state index in [0.717, 1.165) is 31.2 Å². The van der Waals surface area contributed by atoms with Crippen LogP contribution in [0.25, 0.3) is 5.52 Å². The number of nitrogens with zero attached hydrogens (tertiary/aromatic N) is 5. The number of anilines is 1. The van der Waals surface area contributed by atoms with E-state index in [1.807, 2.05) is 19.9 Å². The normalized spacial score (nSPS) is 20.8. The van der Waals surface area contributed by atoms with Crippen molar-refractivity contribution in [2.24, 2.45) is 0 Å². The molecule has 6 atom stereocenters. The molecule has 0 aliphatic carbocycles. The van der Waals surface area contributed by atoms with Crippen molar-refractivity contribution >= 4 is 30.8 Å². The molecule has 0 bridgehead atoms. The third-order valence-electron chi connectivity index (χ3n) is 12.8. The van der Waals surface area contributed by atoms with Gasteiger partial charge < -0.3 is 33.9 Å². The van der Waals surface area contributed by atoms with Gasteiger partial charge in [-0.15, -0.1) is 0 Å². The van der Waals surface area contributed by atoms with E-state index in [4.69, 9.17) is 54.6 Å². The van der Waals surface area contributed by atoms with Gasteiger partial charge in [0, 0.05) is 0 Å². The van der Waals surface area contributed by atoms with Crippen LogP contribution in [0.1, 0.15) is 173 Å². The van der Waals surface area contributed by atoms with Gasteiger partial charge in [-0.3, -0.25) is 9.05 Å². The summed E-state index contributed by atoms with van der Waals surface area (Å²) in [7, 11) is -4.62. The van der Waals surface area contributed by atoms with Crippen LogP contribution in [0.4, 0.5) is 5.82 Å². The van der Waals surface area contributed by atoms with Gasteiger partial charge in [-0.2, -0.15) is 15.6 Å². The first kappa shape index (κ1) is 55.0. The van der Waals surface area contributed by atoms with Crippen LogP contribution in [0.3, 0.4) is 0 Å². The summed E-state index contributed by atoms with van der Waals surface area (Å²) in [5.74, 6) is -0.319. The molecule has 70 heavy (non-hydrogen) atoms. The van der Waals surface area contributed by atoms with Gasteiger partial charge in [0.2, 0.25) is 5.60 Å². The Morgan fingerprint density at radius 3 is 2.13 bits per heavy atom. The largest absolute Gasteiger partial charge is 0.530 e. The van der Waals surface area contributed by atoms with Gasteiger partial charge in [0.1, 0.15) is 60.4 Å². The number of aromatic nitrogens is 3. The lowest BCUT2D eigenvalue weighted by Crippen LogP contribution is -2.46. The van der Waals surface area contributed by atoms with Gasteiger partial charge in [0.15, 0.2) is 11.6 Å². The van der Waals surface area contributed by atoms with Crippen LogP contribution in [-0.4, -0.2) is 63.6 Å². The van der Waals surface area contributed by atoms with Gasteiger partial charge in [0.25, 0.3) is 0 Å². The predicted octanol–water partition coefficient (Wildman–Crippen LogP) is 13.3. The second-order valence-electron chi connectivity index (χ2n) is 19.3. The summed E-state index contributed by atoms with van der Waals surface area (Å²) in [6.45, 7) is 8.93. The van der Waals surface area contributed by atoms with Crippen molar-refractivity contribution in [3.8, 4) is 23.6 Å². The monoisotopic (exact) mass is 1000 g/mol. The number of rotatable bonds is 32. The minimum absolute atomic E-state index is 0.0565. The zero-order chi connectivity index (χ0) is 50.0. The summed E-state index contributed by atoms with van der Waals surface area (Å²) < 4.78 is 66.7. The average molecular weight is 1010 g/mol. The molecule has 382 valence electrons. The van der Waals surface area contributed by atoms with Crippen LogP contribution >= 0.6 is 19.4 Å². The summed E-state index contributed by atoms with van der Waals surface area (Å²) in [6.07, 6.45) is 20.0. The lowest BCUT2D eigenvalue weighted by Gasteiger charge is -2.30. The second-order valence-corrected chi connectivity index (χ2v) is 21.3. The molecule has 2 saturated heterocycles. The summed E-state index contributed by atoms with van der Waals surface area (Å²) in [5, 5.41) is 25.2. The standard InChI is InChI=1S/C53H74ClN6O9P/c1-6-7-8-9-10-11-12-13-14-15-16-17-18-19-20-21-22-25-42(62-34-40-28-29-41(33-55)47(32-40)65-39(2)3)35-63-70(61,69-46-27-24-23-26-43(46)54)64-37-53(36-56)50-49(66-52(4,5)68-50)48(67-53)44-30-31-45-51(57)58-38-59-60(44)45/h23-24,26-32,38-39,42,48-50H,6-22,25,34-35,37H2,1-5H3,(H2,57,58,59)/t42-,48+,49+,50+,53-,70?/m1/s1. The number of halogens is 1. The molecule has 0 amide bonds. The van der Waals surface area contributed by atoms with Crippen LogP contribution in [0.2, 0.25) is 5.02 Å². The summed E-state index contributed by atoms with van der Waals surface area (Å²) in [4.78, 5) is 4.09. The van der Waals surface area contributed by atoms with E-state index in [9.17, 15) is 10.5 Å². The Kier molecular flexibility index (Phi) is 21.2. The highest BCUT2D eigenvalue weighted by Gasteiger charge is 2.65. The Morgan fingerprint density at radius 2 is 1.50 bits per heavy atom. The smallest absolute Gasteiger partial charge is 0.490 e. The molecule has 0 saturated carbocycles. The van der Waals surface area contributed by atoms with Crippen LogP contribution < -0.4 is 15.0 Å². The Labute approximate surface area is 420 Å². The maximum atomic E-state index is 15.0. The summed E-state index contributed by atoms with van der Waals surface area (Å²) in [5.41, 5.74) is 6.59. The fourth-order valence-electron chi connectivity index (χ4n) is 9.09. The van der Waals surface area contributed by atoms with Crippen molar-refractivity contribution < 1.29 is 41.8 Å². The topological polar surface area (TPSA) is 195 Å². The maximum absolute atomic E-state index is 15.0. The highest BCUT2D eigenvalue weighted by molar-refractivity contribution is 7.49. The van der Waals surface area contributed by atoms with Crippen LogP contribution in [0.15, 0.2) is 60.9 Å². The molecular weight excluding hydrogens is 931 g/mol.